The van der Waals surface area contributed by atoms with Crippen molar-refractivity contribution >= 4 is 21.6 Å². The molecule has 7 heteroatoms. The standard InChI is InChI=1S/C28H32N2O4S/c1-20-8-12-25(13-9-20)30(35(32,33)27-16-14-26(34-3)15-17-27)19-28(31)29-21(2)23-11-10-22-6-4-5-7-24(22)18-23/h8-18,21H,4-7,19H2,1-3H3,(H,29,31)/t21-/m0/s1. The number of hydrogen-bond acceptors (Lipinski definition) is 4. The van der Waals surface area contributed by atoms with Crippen molar-refractivity contribution in [3.8, 4) is 5.75 Å². The van der Waals surface area contributed by atoms with Crippen LogP contribution >= 0.6 is 0 Å². The van der Waals surface area contributed by atoms with E-state index in [0.717, 1.165) is 28.3 Å². The first kappa shape index (κ1) is 24.8. The largest absolute Gasteiger partial charge is 0.497 e. The molecule has 1 aliphatic carbocycles. The number of ether oxygens (including phenoxy) is 1. The zero-order chi connectivity index (χ0) is 25.0. The molecule has 0 heterocycles. The number of benzene rings is 3. The highest BCUT2D eigenvalue weighted by Crippen LogP contribution is 2.27. The highest BCUT2D eigenvalue weighted by Gasteiger charge is 2.28. The summed E-state index contributed by atoms with van der Waals surface area (Å²) >= 11 is 0. The van der Waals surface area contributed by atoms with Gasteiger partial charge in [-0.2, -0.15) is 0 Å². The Morgan fingerprint density at radius 3 is 2.29 bits per heavy atom. The van der Waals surface area contributed by atoms with Crippen LogP contribution in [0.15, 0.2) is 71.6 Å². The normalized spacial score (nSPS) is 14.0. The predicted octanol–water partition coefficient (Wildman–Crippen LogP) is 4.96. The number of aryl methyl sites for hydroxylation is 3. The van der Waals surface area contributed by atoms with Crippen LogP contribution in [0.5, 0.6) is 5.75 Å². The number of anilines is 1. The molecule has 1 amide bonds. The summed E-state index contributed by atoms with van der Waals surface area (Å²) in [4.78, 5) is 13.2. The lowest BCUT2D eigenvalue weighted by molar-refractivity contribution is -0.120. The van der Waals surface area contributed by atoms with Gasteiger partial charge < -0.3 is 10.1 Å². The minimum atomic E-state index is -3.98. The molecule has 1 atom stereocenters. The van der Waals surface area contributed by atoms with Gasteiger partial charge in [-0.25, -0.2) is 8.42 Å². The van der Waals surface area contributed by atoms with Crippen LogP contribution in [0.3, 0.4) is 0 Å². The van der Waals surface area contributed by atoms with E-state index in [4.69, 9.17) is 4.74 Å². The number of carbonyl (C=O) groups excluding carboxylic acids is 1. The molecule has 0 bridgehead atoms. The quantitative estimate of drug-likeness (QED) is 0.483. The van der Waals surface area contributed by atoms with Gasteiger partial charge in [0.1, 0.15) is 12.3 Å². The van der Waals surface area contributed by atoms with Gasteiger partial charge in [-0.3, -0.25) is 9.10 Å². The lowest BCUT2D eigenvalue weighted by Gasteiger charge is -2.25. The highest BCUT2D eigenvalue weighted by atomic mass is 32.2. The maximum absolute atomic E-state index is 13.6. The fraction of sp³-hybridized carbons (Fsp3) is 0.321. The first-order valence-electron chi connectivity index (χ1n) is 11.9. The Morgan fingerprint density at radius 2 is 1.63 bits per heavy atom. The van der Waals surface area contributed by atoms with Gasteiger partial charge in [0, 0.05) is 0 Å². The smallest absolute Gasteiger partial charge is 0.264 e. The molecule has 35 heavy (non-hydrogen) atoms. The van der Waals surface area contributed by atoms with Gasteiger partial charge in [-0.05, 0) is 92.6 Å². The molecule has 0 spiro atoms. The third-order valence-corrected chi connectivity index (χ3v) is 8.29. The zero-order valence-electron chi connectivity index (χ0n) is 20.5. The number of nitrogens with zero attached hydrogens (tertiary/aromatic N) is 1. The molecule has 0 aromatic heterocycles. The van der Waals surface area contributed by atoms with E-state index in [2.05, 4.69) is 23.5 Å². The molecule has 3 aromatic carbocycles. The van der Waals surface area contributed by atoms with Crippen molar-refractivity contribution in [3.63, 3.8) is 0 Å². The molecule has 3 aromatic rings. The summed E-state index contributed by atoms with van der Waals surface area (Å²) in [5, 5.41) is 2.99. The number of nitrogens with one attached hydrogen (secondary N) is 1. The molecule has 0 fully saturated rings. The minimum Gasteiger partial charge on any atom is -0.497 e. The number of carbonyl (C=O) groups is 1. The maximum atomic E-state index is 13.6. The number of amides is 1. The van der Waals surface area contributed by atoms with Crippen molar-refractivity contribution < 1.29 is 17.9 Å². The van der Waals surface area contributed by atoms with Crippen molar-refractivity contribution in [2.45, 2.75) is 50.5 Å². The molecule has 6 nitrogen and oxygen atoms in total. The Balaban J connectivity index is 1.56. The van der Waals surface area contributed by atoms with Crippen molar-refractivity contribution in [3.05, 3.63) is 89.0 Å². The van der Waals surface area contributed by atoms with Gasteiger partial charge in [-0.15, -0.1) is 0 Å². The Morgan fingerprint density at radius 1 is 0.971 bits per heavy atom. The predicted molar refractivity (Wildman–Crippen MR) is 138 cm³/mol. The van der Waals surface area contributed by atoms with Gasteiger partial charge in [-0.1, -0.05) is 35.9 Å². The monoisotopic (exact) mass is 492 g/mol. The van der Waals surface area contributed by atoms with Crippen LogP contribution in [-0.4, -0.2) is 28.0 Å². The molecule has 1 aliphatic rings. The number of hydrogen-bond donors (Lipinski definition) is 1. The molecule has 0 saturated carbocycles. The molecule has 0 unspecified atom stereocenters. The third-order valence-electron chi connectivity index (χ3n) is 6.51. The van der Waals surface area contributed by atoms with Crippen LogP contribution in [0.25, 0.3) is 0 Å². The fourth-order valence-corrected chi connectivity index (χ4v) is 5.85. The third kappa shape index (κ3) is 5.68. The molecule has 0 radical (unpaired) electrons. The summed E-state index contributed by atoms with van der Waals surface area (Å²) in [7, 11) is -2.46. The zero-order valence-corrected chi connectivity index (χ0v) is 21.3. The van der Waals surface area contributed by atoms with E-state index in [1.165, 1.54) is 43.2 Å². The second kappa shape index (κ2) is 10.5. The highest BCUT2D eigenvalue weighted by molar-refractivity contribution is 7.92. The Labute approximate surface area is 208 Å². The van der Waals surface area contributed by atoms with Crippen molar-refractivity contribution in [1.29, 1.82) is 0 Å². The molecule has 184 valence electrons. The lowest BCUT2D eigenvalue weighted by atomic mass is 9.89. The van der Waals surface area contributed by atoms with Gasteiger partial charge >= 0.3 is 0 Å². The van der Waals surface area contributed by atoms with Crippen LogP contribution in [0, 0.1) is 6.92 Å². The van der Waals surface area contributed by atoms with E-state index in [-0.39, 0.29) is 23.4 Å². The van der Waals surface area contributed by atoms with E-state index in [1.54, 1.807) is 24.3 Å². The van der Waals surface area contributed by atoms with E-state index in [1.807, 2.05) is 26.0 Å². The van der Waals surface area contributed by atoms with Crippen LogP contribution < -0.4 is 14.4 Å². The fourth-order valence-electron chi connectivity index (χ4n) is 4.42. The first-order valence-corrected chi connectivity index (χ1v) is 13.4. The summed E-state index contributed by atoms with van der Waals surface area (Å²) in [5.74, 6) is 0.190. The van der Waals surface area contributed by atoms with Crippen LogP contribution in [0.1, 0.15) is 48.1 Å². The second-order valence-electron chi connectivity index (χ2n) is 9.05. The summed E-state index contributed by atoms with van der Waals surface area (Å²) in [6.45, 7) is 3.53. The minimum absolute atomic E-state index is 0.0920. The second-order valence-corrected chi connectivity index (χ2v) is 10.9. The average molecular weight is 493 g/mol. The topological polar surface area (TPSA) is 75.7 Å². The number of rotatable bonds is 8. The van der Waals surface area contributed by atoms with E-state index >= 15 is 0 Å². The van der Waals surface area contributed by atoms with Crippen molar-refractivity contribution in [2.24, 2.45) is 0 Å². The molecule has 0 saturated heterocycles. The molecular formula is C28H32N2O4S. The van der Waals surface area contributed by atoms with Crippen LogP contribution in [0.4, 0.5) is 5.69 Å². The van der Waals surface area contributed by atoms with E-state index in [9.17, 15) is 13.2 Å². The lowest BCUT2D eigenvalue weighted by Crippen LogP contribution is -2.41. The maximum Gasteiger partial charge on any atom is 0.264 e. The van der Waals surface area contributed by atoms with Gasteiger partial charge in [0.15, 0.2) is 0 Å². The summed E-state index contributed by atoms with van der Waals surface area (Å²) < 4.78 is 33.5. The van der Waals surface area contributed by atoms with Crippen molar-refractivity contribution in [1.82, 2.24) is 5.32 Å². The van der Waals surface area contributed by atoms with E-state index in [0.29, 0.717) is 11.4 Å². The van der Waals surface area contributed by atoms with Crippen LogP contribution in [0.2, 0.25) is 0 Å². The number of methoxy groups -OCH3 is 1. The van der Waals surface area contributed by atoms with E-state index < -0.39 is 10.0 Å². The van der Waals surface area contributed by atoms with Gasteiger partial charge in [0.05, 0.1) is 23.7 Å². The summed E-state index contributed by atoms with van der Waals surface area (Å²) in [6.07, 6.45) is 4.57. The number of sulfonamides is 1. The molecule has 1 N–H and O–H groups in total. The Kier molecular flexibility index (Phi) is 7.45. The SMILES string of the molecule is COc1ccc(S(=O)(=O)N(CC(=O)N[C@@H](C)c2ccc3c(c2)CCCC3)c2ccc(C)cc2)cc1. The Hall–Kier alpha value is -3.32. The molecule has 0 aliphatic heterocycles. The molecule has 4 rings (SSSR count). The van der Waals surface area contributed by atoms with Crippen molar-refractivity contribution in [2.75, 3.05) is 18.0 Å². The van der Waals surface area contributed by atoms with Gasteiger partial charge in [0.25, 0.3) is 10.0 Å². The summed E-state index contributed by atoms with van der Waals surface area (Å²) in [5.41, 5.74) is 5.19. The molecular weight excluding hydrogens is 460 g/mol. The number of fused-ring (bicyclic) bond motifs is 1. The Bertz CT molecular complexity index is 1290. The average Bonchev–Trinajstić information content (AvgIpc) is 2.87. The van der Waals surface area contributed by atoms with Gasteiger partial charge in [0.2, 0.25) is 5.91 Å². The summed E-state index contributed by atoms with van der Waals surface area (Å²) in [6, 6.07) is 19.4. The van der Waals surface area contributed by atoms with Crippen LogP contribution in [-0.2, 0) is 27.7 Å². The first-order chi connectivity index (χ1) is 16.8.